The van der Waals surface area contributed by atoms with Crippen molar-refractivity contribution in [2.24, 2.45) is 0 Å². The van der Waals surface area contributed by atoms with E-state index in [9.17, 15) is 0 Å². The largest absolute Gasteiger partial charge is 4.00 e. The van der Waals surface area contributed by atoms with E-state index in [1.54, 1.807) is 43.4 Å². The molecule has 0 aliphatic heterocycles. The molecule has 0 amide bonds. The van der Waals surface area contributed by atoms with Crippen LogP contribution in [0.25, 0.3) is 21.5 Å². The predicted molar refractivity (Wildman–Crippen MR) is 211 cm³/mol. The molecule has 4 aromatic rings. The quantitative estimate of drug-likeness (QED) is 0.113. The van der Waals surface area contributed by atoms with Gasteiger partial charge in [0.1, 0.15) is 0 Å². The Balaban J connectivity index is 0.00000106. The molecule has 4 aromatic carbocycles. The number of unbranched alkanes of at least 4 members (excludes halogenated alkanes) is 2. The minimum Gasteiger partial charge on any atom is -0.343 e. The molecule has 0 N–H and O–H groups in total. The summed E-state index contributed by atoms with van der Waals surface area (Å²) in [5.74, 6) is 2.12. The van der Waals surface area contributed by atoms with Crippen LogP contribution in [0.1, 0.15) is 166 Å². The van der Waals surface area contributed by atoms with Gasteiger partial charge < -0.3 is 13.8 Å². The molecule has 0 heterocycles. The first kappa shape index (κ1) is 42.8. The molecular weight excluding hydrogens is 648 g/mol. The Hall–Kier alpha value is -1.24. The summed E-state index contributed by atoms with van der Waals surface area (Å²) in [6.45, 7) is 40.3. The fourth-order valence-corrected chi connectivity index (χ4v) is 10.9. The van der Waals surface area contributed by atoms with Crippen molar-refractivity contribution >= 4 is 40.0 Å². The molecule has 0 fully saturated rings. The van der Waals surface area contributed by atoms with Crippen LogP contribution in [0.2, 0.25) is 13.1 Å². The number of hydrogen-bond acceptors (Lipinski definition) is 0. The summed E-state index contributed by atoms with van der Waals surface area (Å²) < 4.78 is 0. The molecule has 0 spiro atoms. The van der Waals surface area contributed by atoms with Gasteiger partial charge in [-0.3, -0.25) is 0 Å². The third kappa shape index (κ3) is 9.47. The van der Waals surface area contributed by atoms with Gasteiger partial charge in [-0.25, -0.2) is 0 Å². The van der Waals surface area contributed by atoms with Crippen LogP contribution in [0.4, 0.5) is 0 Å². The maximum Gasteiger partial charge on any atom is 4.00 e. The molecule has 0 bridgehead atoms. The number of benzene rings is 2. The summed E-state index contributed by atoms with van der Waals surface area (Å²) in [4.78, 5) is 0. The number of hydrogen-bond donors (Lipinski definition) is 0. The summed E-state index contributed by atoms with van der Waals surface area (Å²) in [5.41, 5.74) is 9.22. The van der Waals surface area contributed by atoms with Gasteiger partial charge in [0.05, 0.1) is 0 Å². The van der Waals surface area contributed by atoms with E-state index in [0.717, 1.165) is 25.7 Å². The molecular formula is C44H68SiZr. The molecule has 4 rings (SSSR count). The van der Waals surface area contributed by atoms with Crippen molar-refractivity contribution in [1.82, 2.24) is 0 Å². The van der Waals surface area contributed by atoms with Crippen molar-refractivity contribution < 1.29 is 26.2 Å². The smallest absolute Gasteiger partial charge is 0.343 e. The molecule has 46 heavy (non-hydrogen) atoms. The predicted octanol–water partition coefficient (Wildman–Crippen LogP) is 13.1. The Labute approximate surface area is 306 Å². The number of aryl methyl sites for hydroxylation is 2. The molecule has 0 atom stereocenters. The molecule has 0 saturated carbocycles. The van der Waals surface area contributed by atoms with Gasteiger partial charge in [-0.15, -0.1) is 56.9 Å². The van der Waals surface area contributed by atoms with Gasteiger partial charge in [0.2, 0.25) is 0 Å². The van der Waals surface area contributed by atoms with Gasteiger partial charge in [0.25, 0.3) is 0 Å². The van der Waals surface area contributed by atoms with Gasteiger partial charge in [0, 0.05) is 8.07 Å². The molecule has 0 radical (unpaired) electrons. The Bertz CT molecular complexity index is 1370. The van der Waals surface area contributed by atoms with Crippen molar-refractivity contribution in [1.29, 1.82) is 0 Å². The standard InChI is InChI=1S/C36H50Si.2C4H9.Zr/c1-13-25-15-29-17-27(21(3)4)19-31(23(7)8)33(29)35(25)37(11,12)36-26(14-2)16-30-18-28(22(5)6)20-32(24(9)10)34(30)36;2*1-3-4-2;/h15-24H,13-14H2,1-12H3;2*1,3-4H2,2H3;/q-2;2*-1;+4. The molecule has 0 nitrogen and oxygen atoms in total. The topological polar surface area (TPSA) is 0 Å². The van der Waals surface area contributed by atoms with E-state index in [1.165, 1.54) is 34.7 Å². The first-order valence-corrected chi connectivity index (χ1v) is 21.3. The molecule has 2 heteroatoms. The van der Waals surface area contributed by atoms with E-state index in [-0.39, 0.29) is 26.2 Å². The molecule has 0 unspecified atom stereocenters. The zero-order valence-electron chi connectivity index (χ0n) is 32.4. The zero-order valence-corrected chi connectivity index (χ0v) is 35.9. The van der Waals surface area contributed by atoms with Crippen molar-refractivity contribution in [2.75, 3.05) is 0 Å². The number of fused-ring (bicyclic) bond motifs is 2. The van der Waals surface area contributed by atoms with Crippen molar-refractivity contribution in [3.05, 3.63) is 83.6 Å². The monoisotopic (exact) mass is 714 g/mol. The Morgan fingerprint density at radius 2 is 0.870 bits per heavy atom. The average Bonchev–Trinajstić information content (AvgIpc) is 3.59. The summed E-state index contributed by atoms with van der Waals surface area (Å²) in [6.07, 6.45) is 6.76. The summed E-state index contributed by atoms with van der Waals surface area (Å²) in [7, 11) is -2.05. The van der Waals surface area contributed by atoms with E-state index in [4.69, 9.17) is 0 Å². The summed E-state index contributed by atoms with van der Waals surface area (Å²) in [6, 6.07) is 15.2. The van der Waals surface area contributed by atoms with Crippen LogP contribution in [-0.4, -0.2) is 8.07 Å². The third-order valence-corrected chi connectivity index (χ3v) is 13.2. The van der Waals surface area contributed by atoms with Gasteiger partial charge >= 0.3 is 26.2 Å². The normalized spacial score (nSPS) is 11.7. The average molecular weight is 716 g/mol. The second-order valence-electron chi connectivity index (χ2n) is 14.9. The maximum atomic E-state index is 3.60. The Morgan fingerprint density at radius 1 is 0.565 bits per heavy atom. The first-order valence-electron chi connectivity index (χ1n) is 18.3. The van der Waals surface area contributed by atoms with Crippen LogP contribution in [0, 0.1) is 13.8 Å². The molecule has 0 aliphatic rings. The van der Waals surface area contributed by atoms with Crippen LogP contribution >= 0.6 is 0 Å². The Kier molecular flexibility index (Phi) is 17.7. The number of rotatable bonds is 10. The summed E-state index contributed by atoms with van der Waals surface area (Å²) >= 11 is 0. The van der Waals surface area contributed by atoms with Gasteiger partial charge in [-0.05, 0) is 36.5 Å². The van der Waals surface area contributed by atoms with Crippen LogP contribution in [0.3, 0.4) is 0 Å². The molecule has 252 valence electrons. The van der Waals surface area contributed by atoms with E-state index in [1.807, 2.05) is 0 Å². The molecule has 0 aliphatic carbocycles. The van der Waals surface area contributed by atoms with Gasteiger partial charge in [-0.2, -0.15) is 23.2 Å². The van der Waals surface area contributed by atoms with Crippen molar-refractivity contribution in [3.8, 4) is 0 Å². The van der Waals surface area contributed by atoms with Gasteiger partial charge in [0.15, 0.2) is 0 Å². The molecule has 0 saturated heterocycles. The van der Waals surface area contributed by atoms with E-state index in [0.29, 0.717) is 23.7 Å². The van der Waals surface area contributed by atoms with Crippen LogP contribution in [-0.2, 0) is 39.0 Å². The van der Waals surface area contributed by atoms with Crippen molar-refractivity contribution in [3.63, 3.8) is 0 Å². The zero-order chi connectivity index (χ0) is 34.2. The second kappa shape index (κ2) is 19.1. The van der Waals surface area contributed by atoms with Crippen LogP contribution < -0.4 is 10.4 Å². The minimum atomic E-state index is -2.05. The fourth-order valence-electron chi connectivity index (χ4n) is 6.76. The molecule has 0 aromatic heterocycles. The van der Waals surface area contributed by atoms with E-state index >= 15 is 0 Å². The van der Waals surface area contributed by atoms with Crippen molar-refractivity contribution in [2.45, 2.75) is 158 Å². The van der Waals surface area contributed by atoms with Gasteiger partial charge in [-0.1, -0.05) is 143 Å². The Morgan fingerprint density at radius 3 is 1.09 bits per heavy atom. The van der Waals surface area contributed by atoms with E-state index < -0.39 is 8.07 Å². The SMILES string of the molecule is CCc1[cH-]c2cc(C(C)C)cc(C(C)C)c2c1[Si](C)(C)c1c(CC)[cH-]c2cc(C(C)C)cc(C(C)C)c12.[CH2-]CCC.[CH2-]CCC.[Zr+4]. The summed E-state index contributed by atoms with van der Waals surface area (Å²) in [5, 5.41) is 9.51. The third-order valence-electron chi connectivity index (χ3n) is 9.54. The van der Waals surface area contributed by atoms with E-state index in [2.05, 4.69) is 146 Å². The van der Waals surface area contributed by atoms with Crippen LogP contribution in [0.5, 0.6) is 0 Å². The van der Waals surface area contributed by atoms with Crippen LogP contribution in [0.15, 0.2) is 36.4 Å². The fraction of sp³-hybridized carbons (Fsp3) is 0.545. The first-order chi connectivity index (χ1) is 21.2. The maximum absolute atomic E-state index is 3.60. The minimum absolute atomic E-state index is 0. The second-order valence-corrected chi connectivity index (χ2v) is 19.1.